The zero-order chi connectivity index (χ0) is 16.3. The lowest BCUT2D eigenvalue weighted by molar-refractivity contribution is 0.0601. The van der Waals surface area contributed by atoms with Gasteiger partial charge in [0.2, 0.25) is 0 Å². The van der Waals surface area contributed by atoms with Gasteiger partial charge in [0.15, 0.2) is 4.88 Å². The standard InChI is InChI=1S/C17H21NO3S/c1-11-6-14(15(22-11)16(19)20-5)21-10-12-7-13(9-18-8-12)17(2,3)4/h6-9H,10H2,1-5H3. The zero-order valence-electron chi connectivity index (χ0n) is 13.6. The Hall–Kier alpha value is -1.88. The maximum Gasteiger partial charge on any atom is 0.351 e. The maximum atomic E-state index is 11.7. The van der Waals surface area contributed by atoms with Crippen molar-refractivity contribution >= 4 is 17.3 Å². The minimum atomic E-state index is -0.366. The van der Waals surface area contributed by atoms with Crippen LogP contribution in [0.4, 0.5) is 0 Å². The number of thiophene rings is 1. The van der Waals surface area contributed by atoms with Gasteiger partial charge < -0.3 is 9.47 Å². The van der Waals surface area contributed by atoms with Gasteiger partial charge in [-0.15, -0.1) is 11.3 Å². The SMILES string of the molecule is COC(=O)c1sc(C)cc1OCc1cncc(C(C)(C)C)c1. The van der Waals surface area contributed by atoms with E-state index in [0.717, 1.165) is 16.0 Å². The van der Waals surface area contributed by atoms with Crippen LogP contribution in [0.25, 0.3) is 0 Å². The van der Waals surface area contributed by atoms with Crippen LogP contribution in [0.3, 0.4) is 0 Å². The van der Waals surface area contributed by atoms with Crippen molar-refractivity contribution in [3.8, 4) is 5.75 Å². The van der Waals surface area contributed by atoms with E-state index >= 15 is 0 Å². The highest BCUT2D eigenvalue weighted by molar-refractivity contribution is 7.14. The van der Waals surface area contributed by atoms with Crippen LogP contribution in [0.1, 0.15) is 46.4 Å². The van der Waals surface area contributed by atoms with E-state index in [2.05, 4.69) is 31.8 Å². The molecule has 22 heavy (non-hydrogen) atoms. The molecule has 0 fully saturated rings. The average Bonchev–Trinajstić information content (AvgIpc) is 2.85. The number of esters is 1. The summed E-state index contributed by atoms with van der Waals surface area (Å²) < 4.78 is 10.6. The zero-order valence-corrected chi connectivity index (χ0v) is 14.4. The Kier molecular flexibility index (Phi) is 4.86. The summed E-state index contributed by atoms with van der Waals surface area (Å²) in [7, 11) is 1.37. The summed E-state index contributed by atoms with van der Waals surface area (Å²) >= 11 is 1.37. The molecule has 5 heteroatoms. The van der Waals surface area contributed by atoms with Gasteiger partial charge in [-0.25, -0.2) is 4.79 Å². The molecule has 0 spiro atoms. The van der Waals surface area contributed by atoms with E-state index in [9.17, 15) is 4.79 Å². The smallest absolute Gasteiger partial charge is 0.351 e. The minimum absolute atomic E-state index is 0.0408. The molecule has 0 radical (unpaired) electrons. The van der Waals surface area contributed by atoms with Crippen molar-refractivity contribution in [2.45, 2.75) is 39.7 Å². The summed E-state index contributed by atoms with van der Waals surface area (Å²) in [5, 5.41) is 0. The van der Waals surface area contributed by atoms with E-state index < -0.39 is 0 Å². The number of hydrogen-bond acceptors (Lipinski definition) is 5. The summed E-state index contributed by atoms with van der Waals surface area (Å²) in [6, 6.07) is 3.95. The van der Waals surface area contributed by atoms with Crippen molar-refractivity contribution in [1.82, 2.24) is 4.98 Å². The predicted molar refractivity (Wildman–Crippen MR) is 87.7 cm³/mol. The molecule has 0 bridgehead atoms. The number of hydrogen-bond donors (Lipinski definition) is 0. The lowest BCUT2D eigenvalue weighted by Gasteiger charge is -2.19. The normalized spacial score (nSPS) is 11.3. The summed E-state index contributed by atoms with van der Waals surface area (Å²) in [5.41, 5.74) is 2.18. The van der Waals surface area contributed by atoms with Gasteiger partial charge in [-0.2, -0.15) is 0 Å². The molecule has 2 rings (SSSR count). The van der Waals surface area contributed by atoms with Gasteiger partial charge in [0.1, 0.15) is 12.4 Å². The number of nitrogens with zero attached hydrogens (tertiary/aromatic N) is 1. The highest BCUT2D eigenvalue weighted by Crippen LogP contribution is 2.30. The van der Waals surface area contributed by atoms with Gasteiger partial charge in [0, 0.05) is 22.8 Å². The van der Waals surface area contributed by atoms with Crippen molar-refractivity contribution < 1.29 is 14.3 Å². The first-order chi connectivity index (χ1) is 10.3. The van der Waals surface area contributed by atoms with Crippen LogP contribution in [0.15, 0.2) is 24.5 Å². The quantitative estimate of drug-likeness (QED) is 0.796. The molecule has 0 aliphatic rings. The number of carbonyl (C=O) groups excluding carboxylic acids is 1. The van der Waals surface area contributed by atoms with E-state index in [1.54, 1.807) is 6.20 Å². The Morgan fingerprint density at radius 3 is 2.64 bits per heavy atom. The Morgan fingerprint density at radius 1 is 1.27 bits per heavy atom. The van der Waals surface area contributed by atoms with Crippen LogP contribution in [0, 0.1) is 6.92 Å². The molecule has 4 nitrogen and oxygen atoms in total. The summed E-state index contributed by atoms with van der Waals surface area (Å²) in [5.74, 6) is 0.199. The lowest BCUT2D eigenvalue weighted by atomic mass is 9.88. The van der Waals surface area contributed by atoms with Crippen LogP contribution in [0.5, 0.6) is 5.75 Å². The molecule has 0 N–H and O–H groups in total. The van der Waals surface area contributed by atoms with Gasteiger partial charge in [0.25, 0.3) is 0 Å². The second-order valence-electron chi connectivity index (χ2n) is 6.16. The van der Waals surface area contributed by atoms with Crippen LogP contribution < -0.4 is 4.74 Å². The van der Waals surface area contributed by atoms with Gasteiger partial charge in [-0.05, 0) is 30.0 Å². The van der Waals surface area contributed by atoms with E-state index in [4.69, 9.17) is 9.47 Å². The molecule has 2 aromatic rings. The van der Waals surface area contributed by atoms with Crippen molar-refractivity contribution in [3.05, 3.63) is 45.4 Å². The predicted octanol–water partition coefficient (Wildman–Crippen LogP) is 4.11. The number of ether oxygens (including phenoxy) is 2. The molecule has 0 aliphatic carbocycles. The Balaban J connectivity index is 2.16. The number of aromatic nitrogens is 1. The number of methoxy groups -OCH3 is 1. The molecule has 118 valence electrons. The minimum Gasteiger partial charge on any atom is -0.487 e. The van der Waals surface area contributed by atoms with Gasteiger partial charge >= 0.3 is 5.97 Å². The molecule has 0 amide bonds. The molecule has 0 saturated heterocycles. The molecule has 0 unspecified atom stereocenters. The van der Waals surface area contributed by atoms with E-state index in [1.165, 1.54) is 18.4 Å². The van der Waals surface area contributed by atoms with Gasteiger partial charge in [-0.1, -0.05) is 20.8 Å². The van der Waals surface area contributed by atoms with Crippen LogP contribution in [-0.4, -0.2) is 18.1 Å². The van der Waals surface area contributed by atoms with Crippen molar-refractivity contribution in [2.75, 3.05) is 7.11 Å². The molecule has 2 aromatic heterocycles. The topological polar surface area (TPSA) is 48.4 Å². The summed E-state index contributed by atoms with van der Waals surface area (Å²) in [4.78, 5) is 17.5. The Labute approximate surface area is 135 Å². The fourth-order valence-corrected chi connectivity index (χ4v) is 2.84. The maximum absolute atomic E-state index is 11.7. The highest BCUT2D eigenvalue weighted by atomic mass is 32.1. The summed E-state index contributed by atoms with van der Waals surface area (Å²) in [6.45, 7) is 8.74. The molecule has 0 saturated carbocycles. The molecule has 0 aromatic carbocycles. The second-order valence-corrected chi connectivity index (χ2v) is 7.42. The summed E-state index contributed by atoms with van der Waals surface area (Å²) in [6.07, 6.45) is 3.66. The second kappa shape index (κ2) is 6.48. The van der Waals surface area contributed by atoms with Gasteiger partial charge in [-0.3, -0.25) is 4.98 Å². The third kappa shape index (κ3) is 3.85. The van der Waals surface area contributed by atoms with Crippen molar-refractivity contribution in [3.63, 3.8) is 0 Å². The third-order valence-corrected chi connectivity index (χ3v) is 4.26. The molecule has 2 heterocycles. The lowest BCUT2D eigenvalue weighted by Crippen LogP contribution is -2.12. The Morgan fingerprint density at radius 2 is 2.00 bits per heavy atom. The fraction of sp³-hybridized carbons (Fsp3) is 0.412. The number of pyridine rings is 1. The first kappa shape index (κ1) is 16.5. The number of carbonyl (C=O) groups is 1. The molecule has 0 aliphatic heterocycles. The highest BCUT2D eigenvalue weighted by Gasteiger charge is 2.18. The average molecular weight is 319 g/mol. The molecular weight excluding hydrogens is 298 g/mol. The van der Waals surface area contributed by atoms with E-state index in [0.29, 0.717) is 17.2 Å². The largest absolute Gasteiger partial charge is 0.487 e. The van der Waals surface area contributed by atoms with Gasteiger partial charge in [0.05, 0.1) is 7.11 Å². The monoisotopic (exact) mass is 319 g/mol. The van der Waals surface area contributed by atoms with E-state index in [1.807, 2.05) is 19.2 Å². The van der Waals surface area contributed by atoms with Crippen LogP contribution in [-0.2, 0) is 16.8 Å². The van der Waals surface area contributed by atoms with Crippen molar-refractivity contribution in [1.29, 1.82) is 0 Å². The number of rotatable bonds is 4. The van der Waals surface area contributed by atoms with Crippen molar-refractivity contribution in [2.24, 2.45) is 0 Å². The Bertz CT molecular complexity index is 671. The molecule has 0 atom stereocenters. The first-order valence-electron chi connectivity index (χ1n) is 7.07. The third-order valence-electron chi connectivity index (χ3n) is 3.25. The van der Waals surface area contributed by atoms with Crippen LogP contribution in [0.2, 0.25) is 0 Å². The first-order valence-corrected chi connectivity index (χ1v) is 7.89. The van der Waals surface area contributed by atoms with Crippen LogP contribution >= 0.6 is 11.3 Å². The van der Waals surface area contributed by atoms with E-state index in [-0.39, 0.29) is 11.4 Å². The number of aryl methyl sites for hydroxylation is 1. The molecular formula is C17H21NO3S. The fourth-order valence-electron chi connectivity index (χ4n) is 1.97.